The summed E-state index contributed by atoms with van der Waals surface area (Å²) in [4.78, 5) is 10.9. The molecule has 1 N–H and O–H groups in total. The fourth-order valence-corrected chi connectivity index (χ4v) is 0.782. The summed E-state index contributed by atoms with van der Waals surface area (Å²) in [6, 6.07) is 0. The molecular weight excluding hydrogens is 212 g/mol. The van der Waals surface area contributed by atoms with Crippen LogP contribution in [-0.4, -0.2) is 50.7 Å². The van der Waals surface area contributed by atoms with Gasteiger partial charge in [0.25, 0.3) is 0 Å². The number of esters is 1. The Morgan fingerprint density at radius 1 is 1.12 bits per heavy atom. The number of rotatable bonds is 10. The average molecular weight is 230 g/mol. The molecule has 0 radical (unpaired) electrons. The van der Waals surface area contributed by atoms with Gasteiger partial charge in [0.15, 0.2) is 0 Å². The molecule has 0 aliphatic carbocycles. The predicted molar refractivity (Wildman–Crippen MR) is 59.0 cm³/mol. The third kappa shape index (κ3) is 10.9. The van der Waals surface area contributed by atoms with Crippen molar-refractivity contribution >= 4 is 5.97 Å². The van der Waals surface area contributed by atoms with E-state index in [1.807, 2.05) is 0 Å². The van der Waals surface area contributed by atoms with Crippen LogP contribution in [0.1, 0.15) is 0 Å². The summed E-state index contributed by atoms with van der Waals surface area (Å²) in [5.74, 6) is -0.417. The van der Waals surface area contributed by atoms with Crippen molar-refractivity contribution in [1.29, 1.82) is 0 Å². The average Bonchev–Trinajstić information content (AvgIpc) is 2.30. The van der Waals surface area contributed by atoms with E-state index in [4.69, 9.17) is 19.3 Å². The van der Waals surface area contributed by atoms with Crippen LogP contribution in [0.3, 0.4) is 0 Å². The Bertz CT molecular complexity index is 212. The van der Waals surface area contributed by atoms with Gasteiger partial charge in [0.2, 0.25) is 0 Å². The van der Waals surface area contributed by atoms with Crippen LogP contribution in [-0.2, 0) is 19.0 Å². The molecule has 0 aliphatic heterocycles. The van der Waals surface area contributed by atoms with E-state index in [-0.39, 0.29) is 13.2 Å². The lowest BCUT2D eigenvalue weighted by molar-refractivity contribution is -0.139. The van der Waals surface area contributed by atoms with E-state index in [2.05, 4.69) is 6.58 Å². The van der Waals surface area contributed by atoms with Crippen molar-refractivity contribution in [3.05, 3.63) is 24.8 Å². The zero-order chi connectivity index (χ0) is 12.1. The van der Waals surface area contributed by atoms with Crippen LogP contribution in [0.2, 0.25) is 0 Å². The summed E-state index contributed by atoms with van der Waals surface area (Å²) in [7, 11) is 0. The minimum absolute atomic E-state index is 0.00719. The van der Waals surface area contributed by atoms with E-state index in [0.717, 1.165) is 0 Å². The van der Waals surface area contributed by atoms with Crippen LogP contribution in [0.15, 0.2) is 24.8 Å². The molecule has 0 aromatic heterocycles. The van der Waals surface area contributed by atoms with E-state index in [9.17, 15) is 4.79 Å². The first-order valence-electron chi connectivity index (χ1n) is 5.03. The highest BCUT2D eigenvalue weighted by molar-refractivity contribution is 5.82. The molecule has 0 fully saturated rings. The van der Waals surface area contributed by atoms with Gasteiger partial charge in [-0.3, -0.25) is 0 Å². The second-order valence-electron chi connectivity index (χ2n) is 2.71. The van der Waals surface area contributed by atoms with Crippen LogP contribution in [0.5, 0.6) is 0 Å². The summed E-state index contributed by atoms with van der Waals surface area (Å²) >= 11 is 0. The van der Waals surface area contributed by atoms with Gasteiger partial charge in [0.1, 0.15) is 6.61 Å². The minimum Gasteiger partial charge on any atom is -0.460 e. The molecule has 0 aromatic rings. The molecule has 16 heavy (non-hydrogen) atoms. The summed E-state index contributed by atoms with van der Waals surface area (Å²) in [5, 5.41) is 8.40. The Hall–Kier alpha value is -1.17. The van der Waals surface area contributed by atoms with Crippen LogP contribution in [0, 0.1) is 0 Å². The van der Waals surface area contributed by atoms with Gasteiger partial charge < -0.3 is 19.3 Å². The largest absolute Gasteiger partial charge is 0.460 e. The fraction of sp³-hybridized carbons (Fsp3) is 0.545. The fourth-order valence-electron chi connectivity index (χ4n) is 0.782. The Kier molecular flexibility index (Phi) is 11.0. The highest BCUT2D eigenvalue weighted by Crippen LogP contribution is 1.84. The van der Waals surface area contributed by atoms with E-state index in [1.54, 1.807) is 0 Å². The minimum atomic E-state index is -0.417. The summed E-state index contributed by atoms with van der Waals surface area (Å²) < 4.78 is 14.9. The molecule has 0 amide bonds. The Morgan fingerprint density at radius 3 is 2.38 bits per heavy atom. The zero-order valence-corrected chi connectivity index (χ0v) is 9.26. The molecule has 0 heterocycles. The van der Waals surface area contributed by atoms with E-state index in [0.29, 0.717) is 26.4 Å². The quantitative estimate of drug-likeness (QED) is 0.253. The first kappa shape index (κ1) is 14.8. The van der Waals surface area contributed by atoms with Crippen LogP contribution < -0.4 is 0 Å². The van der Waals surface area contributed by atoms with E-state index in [1.165, 1.54) is 18.2 Å². The highest BCUT2D eigenvalue weighted by Gasteiger charge is 1.95. The molecule has 0 bridgehead atoms. The van der Waals surface area contributed by atoms with Gasteiger partial charge in [-0.2, -0.15) is 0 Å². The number of hydrogen-bond donors (Lipinski definition) is 1. The maximum Gasteiger partial charge on any atom is 0.330 e. The standard InChI is InChI=1S/C11H18O5/c1-2-3-4-11(13)16-10-9-15-8-7-14-6-5-12/h2-4,12H,1,5-10H2/b4-3+. The third-order valence-electron chi connectivity index (χ3n) is 1.45. The Morgan fingerprint density at radius 2 is 1.75 bits per heavy atom. The van der Waals surface area contributed by atoms with Crippen molar-refractivity contribution in [2.75, 3.05) is 39.6 Å². The molecule has 0 unspecified atom stereocenters. The summed E-state index contributed by atoms with van der Waals surface area (Å²) in [6.45, 7) is 5.12. The van der Waals surface area contributed by atoms with Crippen LogP contribution >= 0.6 is 0 Å². The number of ether oxygens (including phenoxy) is 3. The monoisotopic (exact) mass is 230 g/mol. The van der Waals surface area contributed by atoms with Crippen molar-refractivity contribution in [2.45, 2.75) is 0 Å². The van der Waals surface area contributed by atoms with Crippen molar-refractivity contribution < 1.29 is 24.1 Å². The van der Waals surface area contributed by atoms with Crippen LogP contribution in [0.25, 0.3) is 0 Å². The van der Waals surface area contributed by atoms with Gasteiger partial charge in [0, 0.05) is 6.08 Å². The second kappa shape index (κ2) is 11.9. The van der Waals surface area contributed by atoms with Gasteiger partial charge >= 0.3 is 5.97 Å². The topological polar surface area (TPSA) is 65.0 Å². The van der Waals surface area contributed by atoms with E-state index < -0.39 is 5.97 Å². The smallest absolute Gasteiger partial charge is 0.330 e. The number of carbonyl (C=O) groups is 1. The van der Waals surface area contributed by atoms with E-state index >= 15 is 0 Å². The van der Waals surface area contributed by atoms with Crippen molar-refractivity contribution in [1.82, 2.24) is 0 Å². The maximum atomic E-state index is 10.9. The molecule has 5 heteroatoms. The van der Waals surface area contributed by atoms with Crippen molar-refractivity contribution in [3.63, 3.8) is 0 Å². The molecule has 0 aliphatic rings. The number of hydrogen-bond acceptors (Lipinski definition) is 5. The Balaban J connectivity index is 3.17. The molecule has 0 atom stereocenters. The number of aliphatic hydroxyl groups excluding tert-OH is 1. The summed E-state index contributed by atoms with van der Waals surface area (Å²) in [5.41, 5.74) is 0. The first-order chi connectivity index (χ1) is 7.81. The van der Waals surface area contributed by atoms with Gasteiger partial charge in [-0.25, -0.2) is 4.79 Å². The van der Waals surface area contributed by atoms with Gasteiger partial charge in [-0.1, -0.05) is 18.7 Å². The van der Waals surface area contributed by atoms with Crippen molar-refractivity contribution in [2.24, 2.45) is 0 Å². The van der Waals surface area contributed by atoms with Gasteiger partial charge in [0.05, 0.1) is 33.0 Å². The molecule has 0 rings (SSSR count). The number of aliphatic hydroxyl groups is 1. The molecule has 0 spiro atoms. The van der Waals surface area contributed by atoms with Crippen LogP contribution in [0.4, 0.5) is 0 Å². The predicted octanol–water partition coefficient (Wildman–Crippen LogP) is 0.297. The maximum absolute atomic E-state index is 10.9. The van der Waals surface area contributed by atoms with Crippen molar-refractivity contribution in [3.8, 4) is 0 Å². The molecular formula is C11H18O5. The highest BCUT2D eigenvalue weighted by atomic mass is 16.6. The zero-order valence-electron chi connectivity index (χ0n) is 9.26. The first-order valence-corrected chi connectivity index (χ1v) is 5.03. The normalized spacial score (nSPS) is 10.6. The van der Waals surface area contributed by atoms with Gasteiger partial charge in [-0.05, 0) is 0 Å². The molecule has 5 nitrogen and oxygen atoms in total. The summed E-state index contributed by atoms with van der Waals surface area (Å²) in [6.07, 6.45) is 4.29. The Labute approximate surface area is 95.3 Å². The molecule has 92 valence electrons. The lowest BCUT2D eigenvalue weighted by Crippen LogP contribution is -2.12. The molecule has 0 saturated heterocycles. The lowest BCUT2D eigenvalue weighted by Gasteiger charge is -2.04. The van der Waals surface area contributed by atoms with Gasteiger partial charge in [-0.15, -0.1) is 0 Å². The number of allylic oxidation sites excluding steroid dienone is 2. The lowest BCUT2D eigenvalue weighted by atomic mass is 10.5. The SMILES string of the molecule is C=C/C=C/C(=O)OCCOCCOCCO. The second-order valence-corrected chi connectivity index (χ2v) is 2.71. The molecule has 0 aromatic carbocycles. The molecule has 0 saturated carbocycles. The number of carbonyl (C=O) groups excluding carboxylic acids is 1. The third-order valence-corrected chi connectivity index (χ3v) is 1.45.